The molecular weight excluding hydrogens is 320 g/mol. The summed E-state index contributed by atoms with van der Waals surface area (Å²) < 4.78 is 10.8. The first kappa shape index (κ1) is 19.4. The van der Waals surface area contributed by atoms with E-state index in [0.717, 1.165) is 25.9 Å². The standard InChI is InChI=1S/C19H28N2O4/c1-14(2)13-24-10-5-9-20-18(22)15-6-3-7-16(12-15)21-19(23)17-8-4-11-25-17/h3,6-7,12,14,17H,4-5,8-11,13H2,1-2H3,(H,20,22)(H,21,23). The molecule has 1 aliphatic heterocycles. The summed E-state index contributed by atoms with van der Waals surface area (Å²) in [5.74, 6) is 0.205. The van der Waals surface area contributed by atoms with Gasteiger partial charge in [-0.25, -0.2) is 0 Å². The van der Waals surface area contributed by atoms with Gasteiger partial charge in [-0.3, -0.25) is 9.59 Å². The van der Waals surface area contributed by atoms with Gasteiger partial charge in [0.25, 0.3) is 11.8 Å². The van der Waals surface area contributed by atoms with Crippen LogP contribution in [0.15, 0.2) is 24.3 Å². The molecule has 0 aromatic heterocycles. The molecule has 2 amide bonds. The van der Waals surface area contributed by atoms with E-state index in [4.69, 9.17) is 9.47 Å². The molecule has 1 atom stereocenters. The monoisotopic (exact) mass is 348 g/mol. The van der Waals surface area contributed by atoms with Gasteiger partial charge in [0.2, 0.25) is 0 Å². The van der Waals surface area contributed by atoms with Crippen molar-refractivity contribution in [3.05, 3.63) is 29.8 Å². The highest BCUT2D eigenvalue weighted by Gasteiger charge is 2.23. The van der Waals surface area contributed by atoms with Gasteiger partial charge in [-0.1, -0.05) is 19.9 Å². The Labute approximate surface area is 149 Å². The molecule has 6 heteroatoms. The van der Waals surface area contributed by atoms with E-state index in [1.165, 1.54) is 0 Å². The summed E-state index contributed by atoms with van der Waals surface area (Å²) in [6, 6.07) is 6.93. The first-order valence-electron chi connectivity index (χ1n) is 8.94. The maximum atomic E-state index is 12.2. The van der Waals surface area contributed by atoms with Crippen LogP contribution in [0.5, 0.6) is 0 Å². The summed E-state index contributed by atoms with van der Waals surface area (Å²) in [6.45, 7) is 6.76. The Bertz CT molecular complexity index is 568. The lowest BCUT2D eigenvalue weighted by atomic mass is 10.1. The molecule has 138 valence electrons. The van der Waals surface area contributed by atoms with E-state index in [9.17, 15) is 9.59 Å². The fourth-order valence-electron chi connectivity index (χ4n) is 2.54. The second-order valence-corrected chi connectivity index (χ2v) is 6.65. The number of hydrogen-bond acceptors (Lipinski definition) is 4. The molecule has 0 bridgehead atoms. The molecule has 1 aromatic carbocycles. The molecular formula is C19H28N2O4. The minimum Gasteiger partial charge on any atom is -0.381 e. The van der Waals surface area contributed by atoms with Crippen molar-refractivity contribution in [2.45, 2.75) is 39.2 Å². The highest BCUT2D eigenvalue weighted by atomic mass is 16.5. The Hall–Kier alpha value is -1.92. The Morgan fingerprint density at radius 1 is 1.36 bits per heavy atom. The zero-order chi connectivity index (χ0) is 18.1. The van der Waals surface area contributed by atoms with E-state index < -0.39 is 0 Å². The molecule has 1 aliphatic rings. The van der Waals surface area contributed by atoms with E-state index in [1.54, 1.807) is 24.3 Å². The number of amides is 2. The molecule has 1 saturated heterocycles. The fourth-order valence-corrected chi connectivity index (χ4v) is 2.54. The second kappa shape index (κ2) is 10.2. The molecule has 0 aliphatic carbocycles. The van der Waals surface area contributed by atoms with Gasteiger partial charge in [-0.15, -0.1) is 0 Å². The summed E-state index contributed by atoms with van der Waals surface area (Å²) in [5.41, 5.74) is 1.13. The molecule has 0 saturated carbocycles. The van der Waals surface area contributed by atoms with Crippen molar-refractivity contribution >= 4 is 17.5 Å². The number of anilines is 1. The molecule has 25 heavy (non-hydrogen) atoms. The van der Waals surface area contributed by atoms with Crippen LogP contribution in [0.3, 0.4) is 0 Å². The Kier molecular flexibility index (Phi) is 7.88. The highest BCUT2D eigenvalue weighted by Crippen LogP contribution is 2.16. The normalized spacial score (nSPS) is 16.8. The fraction of sp³-hybridized carbons (Fsp3) is 0.579. The van der Waals surface area contributed by atoms with Crippen molar-refractivity contribution in [2.24, 2.45) is 5.92 Å². The van der Waals surface area contributed by atoms with Crippen LogP contribution in [-0.4, -0.2) is 44.3 Å². The highest BCUT2D eigenvalue weighted by molar-refractivity contribution is 5.98. The minimum absolute atomic E-state index is 0.155. The maximum absolute atomic E-state index is 12.2. The smallest absolute Gasteiger partial charge is 0.253 e. The molecule has 1 heterocycles. The lowest BCUT2D eigenvalue weighted by Gasteiger charge is -2.11. The number of carbonyl (C=O) groups is 2. The molecule has 6 nitrogen and oxygen atoms in total. The van der Waals surface area contributed by atoms with Crippen LogP contribution in [-0.2, 0) is 14.3 Å². The van der Waals surface area contributed by atoms with Gasteiger partial charge in [0.15, 0.2) is 0 Å². The quantitative estimate of drug-likeness (QED) is 0.673. The molecule has 2 N–H and O–H groups in total. The van der Waals surface area contributed by atoms with Crippen molar-refractivity contribution in [3.63, 3.8) is 0 Å². The first-order valence-corrected chi connectivity index (χ1v) is 8.94. The van der Waals surface area contributed by atoms with Gasteiger partial charge < -0.3 is 20.1 Å². The van der Waals surface area contributed by atoms with Crippen LogP contribution in [0, 0.1) is 5.92 Å². The molecule has 2 rings (SSSR count). The minimum atomic E-state index is -0.386. The lowest BCUT2D eigenvalue weighted by Crippen LogP contribution is -2.27. The van der Waals surface area contributed by atoms with Gasteiger partial charge in [0.05, 0.1) is 0 Å². The van der Waals surface area contributed by atoms with Gasteiger partial charge in [0.1, 0.15) is 6.10 Å². The van der Waals surface area contributed by atoms with E-state index in [1.807, 2.05) is 0 Å². The van der Waals surface area contributed by atoms with Crippen molar-refractivity contribution in [2.75, 3.05) is 31.7 Å². The number of carbonyl (C=O) groups excluding carboxylic acids is 2. The van der Waals surface area contributed by atoms with Crippen LogP contribution in [0.2, 0.25) is 0 Å². The van der Waals surface area contributed by atoms with Gasteiger partial charge in [-0.05, 0) is 43.4 Å². The SMILES string of the molecule is CC(C)COCCCNC(=O)c1cccc(NC(=O)C2CCCO2)c1. The van der Waals surface area contributed by atoms with Crippen LogP contribution in [0.25, 0.3) is 0 Å². The average molecular weight is 348 g/mol. The van der Waals surface area contributed by atoms with Gasteiger partial charge >= 0.3 is 0 Å². The predicted octanol–water partition coefficient (Wildman–Crippen LogP) is 2.60. The molecule has 1 fully saturated rings. The largest absolute Gasteiger partial charge is 0.381 e. The van der Waals surface area contributed by atoms with E-state index in [2.05, 4.69) is 24.5 Å². The third-order valence-corrected chi connectivity index (χ3v) is 3.82. The van der Waals surface area contributed by atoms with Crippen LogP contribution in [0.1, 0.15) is 43.5 Å². The first-order chi connectivity index (χ1) is 12.1. The van der Waals surface area contributed by atoms with E-state index >= 15 is 0 Å². The lowest BCUT2D eigenvalue weighted by molar-refractivity contribution is -0.124. The third kappa shape index (κ3) is 6.84. The van der Waals surface area contributed by atoms with Gasteiger partial charge in [0, 0.05) is 37.6 Å². The van der Waals surface area contributed by atoms with Crippen molar-refractivity contribution in [1.82, 2.24) is 5.32 Å². The zero-order valence-electron chi connectivity index (χ0n) is 15.0. The zero-order valence-corrected chi connectivity index (χ0v) is 15.0. The van der Waals surface area contributed by atoms with E-state index in [-0.39, 0.29) is 17.9 Å². The maximum Gasteiger partial charge on any atom is 0.253 e. The Morgan fingerprint density at radius 3 is 2.92 bits per heavy atom. The van der Waals surface area contributed by atoms with Crippen LogP contribution >= 0.6 is 0 Å². The van der Waals surface area contributed by atoms with Crippen molar-refractivity contribution in [1.29, 1.82) is 0 Å². The number of hydrogen-bond donors (Lipinski definition) is 2. The van der Waals surface area contributed by atoms with Crippen molar-refractivity contribution in [3.8, 4) is 0 Å². The van der Waals surface area contributed by atoms with E-state index in [0.29, 0.717) is 36.9 Å². The molecule has 0 radical (unpaired) electrons. The molecule has 0 spiro atoms. The summed E-state index contributed by atoms with van der Waals surface area (Å²) in [4.78, 5) is 24.3. The van der Waals surface area contributed by atoms with Crippen LogP contribution in [0.4, 0.5) is 5.69 Å². The number of rotatable bonds is 9. The number of nitrogens with one attached hydrogen (secondary N) is 2. The second-order valence-electron chi connectivity index (χ2n) is 6.65. The summed E-state index contributed by atoms with van der Waals surface area (Å²) in [6.07, 6.45) is 2.03. The Morgan fingerprint density at radius 2 is 2.20 bits per heavy atom. The number of benzene rings is 1. The van der Waals surface area contributed by atoms with Crippen molar-refractivity contribution < 1.29 is 19.1 Å². The summed E-state index contributed by atoms with van der Waals surface area (Å²) in [5, 5.41) is 5.68. The topological polar surface area (TPSA) is 76.7 Å². The average Bonchev–Trinajstić information content (AvgIpc) is 3.12. The summed E-state index contributed by atoms with van der Waals surface area (Å²) >= 11 is 0. The third-order valence-electron chi connectivity index (χ3n) is 3.82. The Balaban J connectivity index is 1.75. The van der Waals surface area contributed by atoms with Gasteiger partial charge in [-0.2, -0.15) is 0 Å². The van der Waals surface area contributed by atoms with Crippen LogP contribution < -0.4 is 10.6 Å². The number of ether oxygens (including phenoxy) is 2. The molecule has 1 aromatic rings. The predicted molar refractivity (Wildman–Crippen MR) is 96.7 cm³/mol. The molecule has 1 unspecified atom stereocenters. The summed E-state index contributed by atoms with van der Waals surface area (Å²) in [7, 11) is 0.